The highest BCUT2D eigenvalue weighted by atomic mass is 19.3. The molecule has 0 aliphatic carbocycles. The van der Waals surface area contributed by atoms with Gasteiger partial charge in [0, 0.05) is 25.1 Å². The summed E-state index contributed by atoms with van der Waals surface area (Å²) in [5.41, 5.74) is 6.48. The van der Waals surface area contributed by atoms with E-state index in [9.17, 15) is 13.6 Å². The molecule has 1 fully saturated rings. The summed E-state index contributed by atoms with van der Waals surface area (Å²) in [6.45, 7) is -1.89. The molecule has 6 heteroatoms. The van der Waals surface area contributed by atoms with Crippen LogP contribution in [0.15, 0.2) is 24.3 Å². The number of ether oxygens (including phenoxy) is 1. The summed E-state index contributed by atoms with van der Waals surface area (Å²) in [4.78, 5) is 13.2. The van der Waals surface area contributed by atoms with Gasteiger partial charge in [0.15, 0.2) is 0 Å². The molecule has 4 nitrogen and oxygen atoms in total. The van der Waals surface area contributed by atoms with Crippen molar-refractivity contribution in [3.05, 3.63) is 29.8 Å². The Balaban J connectivity index is 2.09. The third kappa shape index (κ3) is 3.41. The van der Waals surface area contributed by atoms with Gasteiger partial charge in [-0.25, -0.2) is 0 Å². The SMILES string of the molecule is NC(CN1CCCC1=O)c1ccccc1OC(F)F. The van der Waals surface area contributed by atoms with Crippen molar-refractivity contribution >= 4 is 5.91 Å². The van der Waals surface area contributed by atoms with Crippen LogP contribution in [0.3, 0.4) is 0 Å². The number of carbonyl (C=O) groups excluding carboxylic acids is 1. The van der Waals surface area contributed by atoms with Crippen LogP contribution >= 0.6 is 0 Å². The monoisotopic (exact) mass is 270 g/mol. The number of para-hydroxylation sites is 1. The van der Waals surface area contributed by atoms with E-state index in [1.54, 1.807) is 23.1 Å². The number of benzene rings is 1. The van der Waals surface area contributed by atoms with Crippen molar-refractivity contribution in [3.63, 3.8) is 0 Å². The average Bonchev–Trinajstić information content (AvgIpc) is 2.75. The maximum Gasteiger partial charge on any atom is 0.387 e. The predicted octanol–water partition coefficient (Wildman–Crippen LogP) is 1.91. The molecule has 0 spiro atoms. The molecule has 1 saturated heterocycles. The molecule has 104 valence electrons. The molecule has 1 aliphatic heterocycles. The van der Waals surface area contributed by atoms with Crippen LogP contribution in [0.25, 0.3) is 0 Å². The van der Waals surface area contributed by atoms with Crippen LogP contribution in [-0.4, -0.2) is 30.5 Å². The molecule has 1 unspecified atom stereocenters. The third-order valence-corrected chi connectivity index (χ3v) is 3.12. The molecular formula is C13H16F2N2O2. The summed E-state index contributed by atoms with van der Waals surface area (Å²) >= 11 is 0. The smallest absolute Gasteiger partial charge is 0.387 e. The normalized spacial score (nSPS) is 17.1. The molecule has 0 saturated carbocycles. The predicted molar refractivity (Wildman–Crippen MR) is 65.8 cm³/mol. The van der Waals surface area contributed by atoms with Gasteiger partial charge < -0.3 is 15.4 Å². The van der Waals surface area contributed by atoms with Gasteiger partial charge in [0.1, 0.15) is 5.75 Å². The van der Waals surface area contributed by atoms with E-state index in [0.29, 0.717) is 25.1 Å². The maximum absolute atomic E-state index is 12.3. The van der Waals surface area contributed by atoms with E-state index in [4.69, 9.17) is 5.73 Å². The van der Waals surface area contributed by atoms with Crippen molar-refractivity contribution < 1.29 is 18.3 Å². The molecule has 1 aromatic rings. The third-order valence-electron chi connectivity index (χ3n) is 3.12. The Morgan fingerprint density at radius 1 is 1.37 bits per heavy atom. The lowest BCUT2D eigenvalue weighted by molar-refractivity contribution is -0.127. The van der Waals surface area contributed by atoms with E-state index in [2.05, 4.69) is 4.74 Å². The van der Waals surface area contributed by atoms with Crippen LogP contribution in [0, 0.1) is 0 Å². The lowest BCUT2D eigenvalue weighted by Gasteiger charge is -2.22. The summed E-state index contributed by atoms with van der Waals surface area (Å²) in [5.74, 6) is 0.124. The number of hydrogen-bond acceptors (Lipinski definition) is 3. The molecule has 1 aliphatic rings. The lowest BCUT2D eigenvalue weighted by atomic mass is 10.1. The summed E-state index contributed by atoms with van der Waals surface area (Å²) in [6, 6.07) is 5.88. The number of amides is 1. The number of hydrogen-bond donors (Lipinski definition) is 1. The zero-order chi connectivity index (χ0) is 13.8. The van der Waals surface area contributed by atoms with E-state index in [-0.39, 0.29) is 11.7 Å². The number of carbonyl (C=O) groups is 1. The van der Waals surface area contributed by atoms with Crippen LogP contribution in [0.1, 0.15) is 24.4 Å². The van der Waals surface area contributed by atoms with Gasteiger partial charge in [-0.15, -0.1) is 0 Å². The molecule has 0 bridgehead atoms. The largest absolute Gasteiger partial charge is 0.434 e. The van der Waals surface area contributed by atoms with E-state index in [1.165, 1.54) is 6.07 Å². The first-order valence-corrected chi connectivity index (χ1v) is 6.15. The van der Waals surface area contributed by atoms with Crippen LogP contribution in [0.2, 0.25) is 0 Å². The fourth-order valence-corrected chi connectivity index (χ4v) is 2.22. The van der Waals surface area contributed by atoms with Gasteiger partial charge in [0.2, 0.25) is 5.91 Å². The number of likely N-dealkylation sites (tertiary alicyclic amines) is 1. The minimum Gasteiger partial charge on any atom is -0.434 e. The molecule has 0 radical (unpaired) electrons. The van der Waals surface area contributed by atoms with Gasteiger partial charge in [-0.1, -0.05) is 18.2 Å². The summed E-state index contributed by atoms with van der Waals surface area (Å²) < 4.78 is 29.0. The summed E-state index contributed by atoms with van der Waals surface area (Å²) in [7, 11) is 0. The summed E-state index contributed by atoms with van der Waals surface area (Å²) in [6.07, 6.45) is 1.35. The molecule has 2 N–H and O–H groups in total. The van der Waals surface area contributed by atoms with Crippen LogP contribution in [0.4, 0.5) is 8.78 Å². The number of alkyl halides is 2. The molecule has 1 amide bonds. The standard InChI is InChI=1S/C13H16F2N2O2/c14-13(15)19-11-5-2-1-4-9(11)10(16)8-17-7-3-6-12(17)18/h1-2,4-5,10,13H,3,6-8,16H2. The van der Waals surface area contributed by atoms with Gasteiger partial charge in [-0.3, -0.25) is 4.79 Å². The van der Waals surface area contributed by atoms with Gasteiger partial charge in [0.05, 0.1) is 6.04 Å². The fourth-order valence-electron chi connectivity index (χ4n) is 2.22. The molecular weight excluding hydrogens is 254 g/mol. The van der Waals surface area contributed by atoms with Crippen molar-refractivity contribution in [3.8, 4) is 5.75 Å². The first-order chi connectivity index (χ1) is 9.08. The molecule has 19 heavy (non-hydrogen) atoms. The number of nitrogens with zero attached hydrogens (tertiary/aromatic N) is 1. The first kappa shape index (κ1) is 13.7. The van der Waals surface area contributed by atoms with Crippen molar-refractivity contribution in [2.45, 2.75) is 25.5 Å². The van der Waals surface area contributed by atoms with Gasteiger partial charge >= 0.3 is 6.61 Å². The fraction of sp³-hybridized carbons (Fsp3) is 0.462. The van der Waals surface area contributed by atoms with Crippen molar-refractivity contribution in [2.24, 2.45) is 5.73 Å². The second-order valence-corrected chi connectivity index (χ2v) is 4.47. The van der Waals surface area contributed by atoms with Crippen molar-refractivity contribution in [2.75, 3.05) is 13.1 Å². The molecule has 0 aromatic heterocycles. The minimum atomic E-state index is -2.89. The van der Waals surface area contributed by atoms with Gasteiger partial charge in [0.25, 0.3) is 0 Å². The van der Waals surface area contributed by atoms with Gasteiger partial charge in [-0.2, -0.15) is 8.78 Å². The van der Waals surface area contributed by atoms with E-state index >= 15 is 0 Å². The number of nitrogens with two attached hydrogens (primary N) is 1. The topological polar surface area (TPSA) is 55.6 Å². The van der Waals surface area contributed by atoms with E-state index in [1.807, 2.05) is 0 Å². The number of halogens is 2. The Bertz CT molecular complexity index is 454. The Morgan fingerprint density at radius 3 is 2.74 bits per heavy atom. The number of rotatable bonds is 5. The molecule has 1 aromatic carbocycles. The van der Waals surface area contributed by atoms with E-state index < -0.39 is 12.7 Å². The van der Waals surface area contributed by atoms with Crippen molar-refractivity contribution in [1.82, 2.24) is 4.90 Å². The van der Waals surface area contributed by atoms with Crippen LogP contribution < -0.4 is 10.5 Å². The highest BCUT2D eigenvalue weighted by molar-refractivity contribution is 5.78. The molecule has 1 heterocycles. The van der Waals surface area contributed by atoms with Crippen LogP contribution in [-0.2, 0) is 4.79 Å². The van der Waals surface area contributed by atoms with Crippen molar-refractivity contribution in [1.29, 1.82) is 0 Å². The Morgan fingerprint density at radius 2 is 2.11 bits per heavy atom. The van der Waals surface area contributed by atoms with Gasteiger partial charge in [-0.05, 0) is 12.5 Å². The maximum atomic E-state index is 12.3. The molecule has 2 rings (SSSR count). The Labute approximate surface area is 110 Å². The average molecular weight is 270 g/mol. The summed E-state index contributed by atoms with van der Waals surface area (Å²) in [5, 5.41) is 0. The Kier molecular flexibility index (Phi) is 4.31. The van der Waals surface area contributed by atoms with Crippen LogP contribution in [0.5, 0.6) is 5.75 Å². The molecule has 1 atom stereocenters. The van der Waals surface area contributed by atoms with E-state index in [0.717, 1.165) is 6.42 Å². The highest BCUT2D eigenvalue weighted by Gasteiger charge is 2.24. The lowest BCUT2D eigenvalue weighted by Crippen LogP contribution is -2.33. The zero-order valence-electron chi connectivity index (χ0n) is 10.4. The quantitative estimate of drug-likeness (QED) is 0.889. The zero-order valence-corrected chi connectivity index (χ0v) is 10.4. The second kappa shape index (κ2) is 5.97. The first-order valence-electron chi connectivity index (χ1n) is 6.15. The second-order valence-electron chi connectivity index (χ2n) is 4.47. The minimum absolute atomic E-state index is 0.0581. The Hall–Kier alpha value is -1.69. The highest BCUT2D eigenvalue weighted by Crippen LogP contribution is 2.26.